The maximum Gasteiger partial charge on any atom is 0.248 e. The zero-order valence-corrected chi connectivity index (χ0v) is 12.1. The molecule has 0 spiro atoms. The zero-order valence-electron chi connectivity index (χ0n) is 12.1. The van der Waals surface area contributed by atoms with E-state index in [1.807, 2.05) is 60.7 Å². The van der Waals surface area contributed by atoms with E-state index in [0.29, 0.717) is 11.8 Å². The summed E-state index contributed by atoms with van der Waals surface area (Å²) in [6, 6.07) is 19.5. The molecule has 4 nitrogen and oxygen atoms in total. The molecule has 0 amide bonds. The van der Waals surface area contributed by atoms with Gasteiger partial charge in [-0.3, -0.25) is 0 Å². The Balaban J connectivity index is 0.000000361. The van der Waals surface area contributed by atoms with E-state index in [0.717, 1.165) is 24.1 Å². The minimum atomic E-state index is 0.546. The first-order valence-electron chi connectivity index (χ1n) is 6.99. The molecule has 0 radical (unpaired) electrons. The summed E-state index contributed by atoms with van der Waals surface area (Å²) < 4.78 is 5.63. The van der Waals surface area contributed by atoms with Crippen LogP contribution in [-0.2, 0) is 0 Å². The van der Waals surface area contributed by atoms with Crippen molar-refractivity contribution in [2.75, 3.05) is 6.54 Å². The first-order valence-corrected chi connectivity index (χ1v) is 6.99. The van der Waals surface area contributed by atoms with E-state index in [4.69, 9.17) is 10.2 Å². The van der Waals surface area contributed by atoms with E-state index in [1.54, 1.807) is 0 Å². The van der Waals surface area contributed by atoms with Crippen LogP contribution in [0.5, 0.6) is 0 Å². The van der Waals surface area contributed by atoms with E-state index in [9.17, 15) is 0 Å². The van der Waals surface area contributed by atoms with Crippen LogP contribution in [0.1, 0.15) is 13.3 Å². The Labute approximate surface area is 124 Å². The molecule has 0 aliphatic heterocycles. The molecule has 2 aromatic carbocycles. The van der Waals surface area contributed by atoms with Crippen molar-refractivity contribution >= 4 is 0 Å². The van der Waals surface area contributed by atoms with Gasteiger partial charge in [0.1, 0.15) is 0 Å². The maximum atomic E-state index is 5.63. The summed E-state index contributed by atoms with van der Waals surface area (Å²) in [5.74, 6) is 1.09. The zero-order chi connectivity index (χ0) is 14.9. The van der Waals surface area contributed by atoms with Crippen molar-refractivity contribution in [2.45, 2.75) is 13.3 Å². The standard InChI is InChI=1S/C14H10N2O.C3H9N/c1-3-7-11(8-4-1)13-15-16-14(17-13)12-9-5-2-6-10-12;1-2-3-4/h1-10H;2-4H2,1H3. The maximum absolute atomic E-state index is 5.63. The third-order valence-electron chi connectivity index (χ3n) is 2.76. The van der Waals surface area contributed by atoms with Gasteiger partial charge in [0.15, 0.2) is 0 Å². The van der Waals surface area contributed by atoms with Gasteiger partial charge < -0.3 is 10.2 Å². The highest BCUT2D eigenvalue weighted by Crippen LogP contribution is 2.22. The third-order valence-corrected chi connectivity index (χ3v) is 2.76. The second-order valence-electron chi connectivity index (χ2n) is 4.43. The molecule has 2 N–H and O–H groups in total. The normalized spacial score (nSPS) is 9.81. The van der Waals surface area contributed by atoms with Gasteiger partial charge in [-0.1, -0.05) is 43.3 Å². The molecule has 0 atom stereocenters. The minimum Gasteiger partial charge on any atom is -0.416 e. The lowest BCUT2D eigenvalue weighted by atomic mass is 10.2. The Morgan fingerprint density at radius 1 is 0.810 bits per heavy atom. The molecule has 1 aromatic heterocycles. The monoisotopic (exact) mass is 281 g/mol. The average Bonchev–Trinajstić information content (AvgIpc) is 3.07. The highest BCUT2D eigenvalue weighted by atomic mass is 16.4. The molecule has 0 saturated carbocycles. The van der Waals surface area contributed by atoms with Crippen LogP contribution in [0.25, 0.3) is 22.9 Å². The molecule has 1 heterocycles. The highest BCUT2D eigenvalue weighted by Gasteiger charge is 2.08. The van der Waals surface area contributed by atoms with Gasteiger partial charge in [-0.25, -0.2) is 0 Å². The summed E-state index contributed by atoms with van der Waals surface area (Å²) in [7, 11) is 0. The molecule has 0 aliphatic carbocycles. The fourth-order valence-electron chi connectivity index (χ4n) is 1.62. The minimum absolute atomic E-state index is 0.546. The van der Waals surface area contributed by atoms with Gasteiger partial charge in [0.2, 0.25) is 11.8 Å². The Hall–Kier alpha value is -2.46. The molecule has 21 heavy (non-hydrogen) atoms. The van der Waals surface area contributed by atoms with Gasteiger partial charge in [0.25, 0.3) is 0 Å². The van der Waals surface area contributed by atoms with E-state index >= 15 is 0 Å². The van der Waals surface area contributed by atoms with Crippen molar-refractivity contribution in [3.63, 3.8) is 0 Å². The van der Waals surface area contributed by atoms with Gasteiger partial charge in [0.05, 0.1) is 0 Å². The molecule has 0 unspecified atom stereocenters. The first-order chi connectivity index (χ1) is 10.3. The second-order valence-corrected chi connectivity index (χ2v) is 4.43. The molecule has 0 bridgehead atoms. The molecule has 0 saturated heterocycles. The number of rotatable bonds is 3. The van der Waals surface area contributed by atoms with E-state index < -0.39 is 0 Å². The first kappa shape index (κ1) is 14.9. The fourth-order valence-corrected chi connectivity index (χ4v) is 1.62. The van der Waals surface area contributed by atoms with Crippen LogP contribution in [0.15, 0.2) is 65.1 Å². The van der Waals surface area contributed by atoms with Crippen LogP contribution in [0.2, 0.25) is 0 Å². The lowest BCUT2D eigenvalue weighted by molar-refractivity contribution is 0.584. The van der Waals surface area contributed by atoms with Crippen molar-refractivity contribution in [3.05, 3.63) is 60.7 Å². The smallest absolute Gasteiger partial charge is 0.248 e. The SMILES string of the molecule is CCCN.c1ccc(-c2nnc(-c3ccccc3)o2)cc1. The average molecular weight is 281 g/mol. The molecule has 4 heteroatoms. The largest absolute Gasteiger partial charge is 0.416 e. The predicted molar refractivity (Wildman–Crippen MR) is 84.5 cm³/mol. The van der Waals surface area contributed by atoms with Crippen molar-refractivity contribution in [1.29, 1.82) is 0 Å². The second kappa shape index (κ2) is 7.97. The molecule has 0 aliphatic rings. The topological polar surface area (TPSA) is 64.9 Å². The van der Waals surface area contributed by atoms with Gasteiger partial charge in [-0.2, -0.15) is 0 Å². The highest BCUT2D eigenvalue weighted by molar-refractivity contribution is 5.57. The van der Waals surface area contributed by atoms with Crippen LogP contribution in [0, 0.1) is 0 Å². The van der Waals surface area contributed by atoms with E-state index in [2.05, 4.69) is 17.1 Å². The molecular formula is C17H19N3O. The van der Waals surface area contributed by atoms with Gasteiger partial charge in [0, 0.05) is 11.1 Å². The Kier molecular flexibility index (Phi) is 5.67. The Bertz CT molecular complexity index is 579. The van der Waals surface area contributed by atoms with Crippen molar-refractivity contribution in [1.82, 2.24) is 10.2 Å². The van der Waals surface area contributed by atoms with E-state index in [1.165, 1.54) is 0 Å². The van der Waals surface area contributed by atoms with Crippen LogP contribution in [0.4, 0.5) is 0 Å². The van der Waals surface area contributed by atoms with Crippen molar-refractivity contribution in [3.8, 4) is 22.9 Å². The van der Waals surface area contributed by atoms with Crippen LogP contribution < -0.4 is 5.73 Å². The van der Waals surface area contributed by atoms with Crippen LogP contribution in [0.3, 0.4) is 0 Å². The van der Waals surface area contributed by atoms with Gasteiger partial charge in [-0.05, 0) is 37.2 Å². The summed E-state index contributed by atoms with van der Waals surface area (Å²) in [5, 5.41) is 8.09. The van der Waals surface area contributed by atoms with Gasteiger partial charge in [-0.15, -0.1) is 10.2 Å². The van der Waals surface area contributed by atoms with Gasteiger partial charge >= 0.3 is 0 Å². The number of nitrogens with zero attached hydrogens (tertiary/aromatic N) is 2. The van der Waals surface area contributed by atoms with Crippen LogP contribution >= 0.6 is 0 Å². The fraction of sp³-hybridized carbons (Fsp3) is 0.176. The molecule has 3 aromatic rings. The molecule has 0 fully saturated rings. The van der Waals surface area contributed by atoms with Crippen molar-refractivity contribution < 1.29 is 4.42 Å². The number of hydrogen-bond acceptors (Lipinski definition) is 4. The van der Waals surface area contributed by atoms with E-state index in [-0.39, 0.29) is 0 Å². The summed E-state index contributed by atoms with van der Waals surface area (Å²) in [4.78, 5) is 0. The summed E-state index contributed by atoms with van der Waals surface area (Å²) in [5.41, 5.74) is 6.89. The predicted octanol–water partition coefficient (Wildman–Crippen LogP) is 3.76. The molecule has 3 rings (SSSR count). The van der Waals surface area contributed by atoms with Crippen molar-refractivity contribution in [2.24, 2.45) is 5.73 Å². The summed E-state index contributed by atoms with van der Waals surface area (Å²) in [6.07, 6.45) is 1.10. The number of benzene rings is 2. The number of nitrogens with two attached hydrogens (primary N) is 1. The Morgan fingerprint density at radius 3 is 1.52 bits per heavy atom. The molecular weight excluding hydrogens is 262 g/mol. The summed E-state index contributed by atoms with van der Waals surface area (Å²) >= 11 is 0. The summed E-state index contributed by atoms with van der Waals surface area (Å²) in [6.45, 7) is 2.88. The molecule has 108 valence electrons. The number of hydrogen-bond donors (Lipinski definition) is 1. The lowest BCUT2D eigenvalue weighted by Gasteiger charge is -1.93. The van der Waals surface area contributed by atoms with Crippen LogP contribution in [-0.4, -0.2) is 16.7 Å². The Morgan fingerprint density at radius 2 is 1.19 bits per heavy atom. The lowest BCUT2D eigenvalue weighted by Crippen LogP contribution is -1.93. The number of aromatic nitrogens is 2. The quantitative estimate of drug-likeness (QED) is 0.794. The third kappa shape index (κ3) is 4.26.